The molecule has 1 heteroatoms. The van der Waals surface area contributed by atoms with Crippen LogP contribution in [-0.4, -0.2) is 0 Å². The van der Waals surface area contributed by atoms with E-state index in [0.29, 0.717) is 0 Å². The van der Waals surface area contributed by atoms with Crippen LogP contribution in [0, 0.1) is 0 Å². The molecule has 3 aliphatic rings. The monoisotopic (exact) mass is 347 g/mol. The molecule has 1 atom stereocenters. The molecule has 3 aliphatic carbocycles. The average molecular weight is 347 g/mol. The van der Waals surface area contributed by atoms with Crippen LogP contribution >= 0.6 is 0 Å². The van der Waals surface area contributed by atoms with Crippen LogP contribution in [0.1, 0.15) is 35.6 Å². The highest BCUT2D eigenvalue weighted by Gasteiger charge is 2.60. The lowest BCUT2D eigenvalue weighted by atomic mass is 9.64. The highest BCUT2D eigenvalue weighted by atomic mass is 14.7. The van der Waals surface area contributed by atoms with Crippen molar-refractivity contribution in [3.05, 3.63) is 118 Å². The molecule has 1 unspecified atom stereocenters. The number of hydrogen-bond donors (Lipinski definition) is 1. The van der Waals surface area contributed by atoms with Gasteiger partial charge in [-0.3, -0.25) is 0 Å². The van der Waals surface area contributed by atoms with Crippen LogP contribution in [0.2, 0.25) is 0 Å². The Morgan fingerprint density at radius 1 is 0.704 bits per heavy atom. The molecule has 0 aromatic heterocycles. The molecule has 0 saturated carbocycles. The number of benzene rings is 3. The Kier molecular flexibility index (Phi) is 2.68. The van der Waals surface area contributed by atoms with Crippen molar-refractivity contribution in [3.63, 3.8) is 0 Å². The molecule has 6 rings (SSSR count). The summed E-state index contributed by atoms with van der Waals surface area (Å²) in [6.45, 7) is 2.37. The fraction of sp³-hybridized carbons (Fsp3) is 0.154. The van der Waals surface area contributed by atoms with E-state index in [4.69, 9.17) is 5.73 Å². The van der Waals surface area contributed by atoms with Crippen LogP contribution in [0.3, 0.4) is 0 Å². The third-order valence-electron chi connectivity index (χ3n) is 6.92. The third kappa shape index (κ3) is 1.54. The molecular formula is C26H21N. The Bertz CT molecular complexity index is 1130. The first-order chi connectivity index (χ1) is 13.2. The number of allylic oxidation sites excluding steroid dienone is 3. The van der Waals surface area contributed by atoms with E-state index in [-0.39, 0.29) is 10.8 Å². The van der Waals surface area contributed by atoms with E-state index in [2.05, 4.69) is 91.9 Å². The first-order valence-electron chi connectivity index (χ1n) is 9.65. The van der Waals surface area contributed by atoms with Crippen LogP contribution in [0.25, 0.3) is 11.1 Å². The number of fused-ring (bicyclic) bond motifs is 10. The Labute approximate surface area is 159 Å². The highest BCUT2D eigenvalue weighted by Crippen LogP contribution is 2.67. The van der Waals surface area contributed by atoms with Gasteiger partial charge in [0.05, 0.1) is 5.41 Å². The van der Waals surface area contributed by atoms with Gasteiger partial charge in [0.15, 0.2) is 0 Å². The minimum atomic E-state index is -0.284. The maximum absolute atomic E-state index is 6.75. The maximum Gasteiger partial charge on any atom is 0.0707 e. The molecule has 0 radical (unpaired) electrons. The van der Waals surface area contributed by atoms with Crippen molar-refractivity contribution in [2.24, 2.45) is 5.73 Å². The highest BCUT2D eigenvalue weighted by molar-refractivity contribution is 5.89. The Balaban J connectivity index is 1.88. The minimum Gasteiger partial charge on any atom is -0.399 e. The summed E-state index contributed by atoms with van der Waals surface area (Å²) < 4.78 is 0. The first kappa shape index (κ1) is 15.0. The molecule has 27 heavy (non-hydrogen) atoms. The molecule has 0 fully saturated rings. The van der Waals surface area contributed by atoms with E-state index < -0.39 is 0 Å². The molecular weight excluding hydrogens is 326 g/mol. The zero-order valence-corrected chi connectivity index (χ0v) is 15.4. The summed E-state index contributed by atoms with van der Waals surface area (Å²) in [7, 11) is 0. The third-order valence-corrected chi connectivity index (χ3v) is 6.92. The van der Waals surface area contributed by atoms with Gasteiger partial charge in [0.2, 0.25) is 0 Å². The molecule has 0 saturated heterocycles. The van der Waals surface area contributed by atoms with Crippen LogP contribution in [0.5, 0.6) is 0 Å². The van der Waals surface area contributed by atoms with Crippen LogP contribution in [0.15, 0.2) is 96.2 Å². The van der Waals surface area contributed by atoms with E-state index >= 15 is 0 Å². The molecule has 1 spiro atoms. The second-order valence-corrected chi connectivity index (χ2v) is 8.16. The van der Waals surface area contributed by atoms with Crippen molar-refractivity contribution in [3.8, 4) is 11.1 Å². The molecule has 1 nitrogen and oxygen atoms in total. The molecule has 0 heterocycles. The topological polar surface area (TPSA) is 26.0 Å². The Hall–Kier alpha value is -3.06. The van der Waals surface area contributed by atoms with Gasteiger partial charge in [-0.2, -0.15) is 0 Å². The molecule has 2 N–H and O–H groups in total. The van der Waals surface area contributed by atoms with Crippen molar-refractivity contribution >= 4 is 0 Å². The van der Waals surface area contributed by atoms with Gasteiger partial charge in [-0.15, -0.1) is 0 Å². The van der Waals surface area contributed by atoms with E-state index in [0.717, 1.165) is 12.1 Å². The van der Waals surface area contributed by atoms with Gasteiger partial charge < -0.3 is 5.73 Å². The van der Waals surface area contributed by atoms with E-state index in [1.54, 1.807) is 0 Å². The van der Waals surface area contributed by atoms with Gasteiger partial charge in [-0.05, 0) is 51.5 Å². The molecule has 0 aliphatic heterocycles. The SMILES string of the molecule is CC12CC=CC(N)=C1C1(c3ccccc3-c3ccccc31)c1ccccc12. The van der Waals surface area contributed by atoms with Crippen LogP contribution < -0.4 is 5.73 Å². The van der Waals surface area contributed by atoms with Crippen molar-refractivity contribution < 1.29 is 0 Å². The maximum atomic E-state index is 6.75. The summed E-state index contributed by atoms with van der Waals surface area (Å²) in [6.07, 6.45) is 5.35. The van der Waals surface area contributed by atoms with Crippen LogP contribution in [-0.2, 0) is 10.8 Å². The lowest BCUT2D eigenvalue weighted by Crippen LogP contribution is -2.35. The van der Waals surface area contributed by atoms with E-state index in [1.807, 2.05) is 0 Å². The summed E-state index contributed by atoms with van der Waals surface area (Å²) in [5.74, 6) is 0. The lowest BCUT2D eigenvalue weighted by Gasteiger charge is -2.38. The van der Waals surface area contributed by atoms with Gasteiger partial charge in [0.1, 0.15) is 0 Å². The van der Waals surface area contributed by atoms with Crippen molar-refractivity contribution in [2.75, 3.05) is 0 Å². The molecule has 3 aromatic carbocycles. The van der Waals surface area contributed by atoms with Gasteiger partial charge in [-0.25, -0.2) is 0 Å². The Morgan fingerprint density at radius 2 is 1.22 bits per heavy atom. The fourth-order valence-electron chi connectivity index (χ4n) is 6.02. The lowest BCUT2D eigenvalue weighted by molar-refractivity contribution is 0.535. The zero-order chi connectivity index (χ0) is 18.2. The fourth-order valence-corrected chi connectivity index (χ4v) is 6.02. The predicted molar refractivity (Wildman–Crippen MR) is 111 cm³/mol. The summed E-state index contributed by atoms with van der Waals surface area (Å²) in [6, 6.07) is 26.7. The Morgan fingerprint density at radius 3 is 1.85 bits per heavy atom. The summed E-state index contributed by atoms with van der Waals surface area (Å²) in [4.78, 5) is 0. The molecule has 3 aromatic rings. The first-order valence-corrected chi connectivity index (χ1v) is 9.65. The molecule has 130 valence electrons. The smallest absolute Gasteiger partial charge is 0.0707 e. The van der Waals surface area contributed by atoms with Gasteiger partial charge in [0.25, 0.3) is 0 Å². The predicted octanol–water partition coefficient (Wildman–Crippen LogP) is 5.45. The standard InChI is InChI=1S/C26H21N/c1-25-16-8-15-23(27)24(25)26(22-14-7-6-13-21(22)25)19-11-4-2-9-17(19)18-10-3-5-12-20(18)26/h2-15H,16,27H2,1H3. The second-order valence-electron chi connectivity index (χ2n) is 8.16. The van der Waals surface area contributed by atoms with Gasteiger partial charge in [0, 0.05) is 11.1 Å². The minimum absolute atomic E-state index is 0.0695. The van der Waals surface area contributed by atoms with Crippen molar-refractivity contribution in [2.45, 2.75) is 24.2 Å². The van der Waals surface area contributed by atoms with Crippen LogP contribution in [0.4, 0.5) is 0 Å². The van der Waals surface area contributed by atoms with Crippen molar-refractivity contribution in [1.29, 1.82) is 0 Å². The largest absolute Gasteiger partial charge is 0.399 e. The van der Waals surface area contributed by atoms with Gasteiger partial charge in [-0.1, -0.05) is 85.8 Å². The average Bonchev–Trinajstić information content (AvgIpc) is 3.13. The summed E-state index contributed by atoms with van der Waals surface area (Å²) >= 11 is 0. The number of hydrogen-bond acceptors (Lipinski definition) is 1. The van der Waals surface area contributed by atoms with E-state index in [1.165, 1.54) is 39.0 Å². The summed E-state index contributed by atoms with van der Waals surface area (Å²) in [5, 5.41) is 0. The van der Waals surface area contributed by atoms with Gasteiger partial charge >= 0.3 is 0 Å². The zero-order valence-electron chi connectivity index (χ0n) is 15.4. The molecule has 0 bridgehead atoms. The second kappa shape index (κ2) is 4.80. The van der Waals surface area contributed by atoms with Crippen molar-refractivity contribution in [1.82, 2.24) is 0 Å². The molecule has 0 amide bonds. The quantitative estimate of drug-likeness (QED) is 0.575. The number of nitrogens with two attached hydrogens (primary N) is 1. The number of rotatable bonds is 0. The summed E-state index contributed by atoms with van der Waals surface area (Å²) in [5.41, 5.74) is 16.9. The van der Waals surface area contributed by atoms with E-state index in [9.17, 15) is 0 Å². The normalized spacial score (nSPS) is 23.1.